The van der Waals surface area contributed by atoms with Crippen molar-refractivity contribution in [2.24, 2.45) is 0 Å². The summed E-state index contributed by atoms with van der Waals surface area (Å²) in [5.41, 5.74) is 6.99. The molecule has 5 heteroatoms. The first-order valence-electron chi connectivity index (χ1n) is 16.5. The van der Waals surface area contributed by atoms with Gasteiger partial charge in [0, 0.05) is 17.2 Å². The molecule has 0 fully saturated rings. The number of ether oxygens (including phenoxy) is 4. The van der Waals surface area contributed by atoms with Crippen molar-refractivity contribution in [2.45, 2.75) is 66.0 Å². The van der Waals surface area contributed by atoms with Crippen LogP contribution in [0.4, 0.5) is 0 Å². The Bertz CT molecular complexity index is 1890. The van der Waals surface area contributed by atoms with Crippen molar-refractivity contribution in [2.75, 3.05) is 0 Å². The maximum atomic E-state index is 14.3. The molecular weight excluding hydrogens is 596 g/mol. The third-order valence-electron chi connectivity index (χ3n) is 8.76. The predicted molar refractivity (Wildman–Crippen MR) is 191 cm³/mol. The molecule has 5 aromatic rings. The standard InChI is InChI=1S/C43H42O5/c1-30-31(2)42(47-29-34-18-12-7-13-19-34)40(37-24-25-43(3,4)48-41(30)37)38(44)23-21-35-20-22-36(45-27-32-14-8-5-9-15-32)26-39(35)46-28-33-16-10-6-11-17-33/h5-23,26H,24-25,27-29H2,1-4H3/b23-21+. The van der Waals surface area contributed by atoms with Gasteiger partial charge in [0.1, 0.15) is 48.4 Å². The van der Waals surface area contributed by atoms with Crippen LogP contribution in [0.15, 0.2) is 115 Å². The minimum absolute atomic E-state index is 0.140. The van der Waals surface area contributed by atoms with Gasteiger partial charge in [-0.25, -0.2) is 0 Å². The molecule has 0 amide bonds. The van der Waals surface area contributed by atoms with Crippen LogP contribution in [0.2, 0.25) is 0 Å². The lowest BCUT2D eigenvalue weighted by Crippen LogP contribution is -2.34. The second-order valence-electron chi connectivity index (χ2n) is 12.8. The van der Waals surface area contributed by atoms with E-state index in [0.717, 1.165) is 57.5 Å². The molecule has 1 heterocycles. The van der Waals surface area contributed by atoms with Crippen LogP contribution in [-0.2, 0) is 26.2 Å². The summed E-state index contributed by atoms with van der Waals surface area (Å²) in [6.07, 6.45) is 4.96. The molecule has 0 N–H and O–H groups in total. The molecule has 0 atom stereocenters. The molecule has 0 spiro atoms. The summed E-state index contributed by atoms with van der Waals surface area (Å²) in [6, 6.07) is 35.8. The van der Waals surface area contributed by atoms with Gasteiger partial charge < -0.3 is 18.9 Å². The van der Waals surface area contributed by atoms with Crippen molar-refractivity contribution in [1.82, 2.24) is 0 Å². The van der Waals surface area contributed by atoms with Gasteiger partial charge in [0.2, 0.25) is 0 Å². The number of hydrogen-bond acceptors (Lipinski definition) is 5. The quantitative estimate of drug-likeness (QED) is 0.101. The van der Waals surface area contributed by atoms with E-state index in [4.69, 9.17) is 18.9 Å². The zero-order chi connectivity index (χ0) is 33.5. The highest BCUT2D eigenvalue weighted by atomic mass is 16.5. The molecule has 48 heavy (non-hydrogen) atoms. The van der Waals surface area contributed by atoms with E-state index < -0.39 is 0 Å². The maximum absolute atomic E-state index is 14.3. The topological polar surface area (TPSA) is 54.0 Å². The molecule has 0 radical (unpaired) electrons. The summed E-state index contributed by atoms with van der Waals surface area (Å²) in [4.78, 5) is 14.3. The van der Waals surface area contributed by atoms with E-state index in [-0.39, 0.29) is 11.4 Å². The third kappa shape index (κ3) is 7.80. The summed E-state index contributed by atoms with van der Waals surface area (Å²) in [5.74, 6) is 2.57. The van der Waals surface area contributed by atoms with Crippen molar-refractivity contribution in [3.63, 3.8) is 0 Å². The van der Waals surface area contributed by atoms with E-state index in [0.29, 0.717) is 42.6 Å². The Balaban J connectivity index is 1.33. The molecule has 5 aromatic carbocycles. The van der Waals surface area contributed by atoms with E-state index in [1.54, 1.807) is 6.08 Å². The summed E-state index contributed by atoms with van der Waals surface area (Å²) in [5, 5.41) is 0. The second-order valence-corrected chi connectivity index (χ2v) is 12.8. The van der Waals surface area contributed by atoms with Gasteiger partial charge in [-0.3, -0.25) is 4.79 Å². The van der Waals surface area contributed by atoms with Crippen LogP contribution in [0.3, 0.4) is 0 Å². The number of carbonyl (C=O) groups excluding carboxylic acids is 1. The van der Waals surface area contributed by atoms with Crippen LogP contribution in [0.25, 0.3) is 6.08 Å². The van der Waals surface area contributed by atoms with E-state index in [1.165, 1.54) is 0 Å². The number of rotatable bonds is 12. The van der Waals surface area contributed by atoms with Crippen molar-refractivity contribution >= 4 is 11.9 Å². The normalized spacial score (nSPS) is 13.4. The Kier molecular flexibility index (Phi) is 9.96. The van der Waals surface area contributed by atoms with Gasteiger partial charge in [0.25, 0.3) is 0 Å². The van der Waals surface area contributed by atoms with Crippen LogP contribution in [0.5, 0.6) is 23.0 Å². The molecule has 0 unspecified atom stereocenters. The minimum atomic E-state index is -0.317. The van der Waals surface area contributed by atoms with E-state index in [2.05, 4.69) is 13.8 Å². The average Bonchev–Trinajstić information content (AvgIpc) is 3.11. The molecular formula is C43H42O5. The Morgan fingerprint density at radius 2 is 1.29 bits per heavy atom. The Morgan fingerprint density at radius 3 is 1.90 bits per heavy atom. The fraction of sp³-hybridized carbons (Fsp3) is 0.233. The zero-order valence-corrected chi connectivity index (χ0v) is 28.1. The predicted octanol–water partition coefficient (Wildman–Crippen LogP) is 10.0. The molecule has 1 aliphatic heterocycles. The van der Waals surface area contributed by atoms with Crippen molar-refractivity contribution in [3.05, 3.63) is 160 Å². The summed E-state index contributed by atoms with van der Waals surface area (Å²) < 4.78 is 25.4. The number of carbonyl (C=O) groups is 1. The number of fused-ring (bicyclic) bond motifs is 1. The highest BCUT2D eigenvalue weighted by Gasteiger charge is 2.34. The lowest BCUT2D eigenvalue weighted by Gasteiger charge is -2.35. The highest BCUT2D eigenvalue weighted by molar-refractivity contribution is 6.10. The highest BCUT2D eigenvalue weighted by Crippen LogP contribution is 2.44. The molecule has 1 aliphatic rings. The Hall–Kier alpha value is -5.29. The first kappa shape index (κ1) is 32.6. The van der Waals surface area contributed by atoms with Crippen LogP contribution in [-0.4, -0.2) is 11.4 Å². The molecule has 6 rings (SSSR count). The minimum Gasteiger partial charge on any atom is -0.489 e. The average molecular weight is 639 g/mol. The zero-order valence-electron chi connectivity index (χ0n) is 28.1. The van der Waals surface area contributed by atoms with E-state index >= 15 is 0 Å². The number of hydrogen-bond donors (Lipinski definition) is 0. The molecule has 0 aliphatic carbocycles. The third-order valence-corrected chi connectivity index (χ3v) is 8.76. The van der Waals surface area contributed by atoms with Crippen LogP contribution < -0.4 is 18.9 Å². The van der Waals surface area contributed by atoms with Crippen LogP contribution in [0.1, 0.15) is 69.6 Å². The largest absolute Gasteiger partial charge is 0.489 e. The van der Waals surface area contributed by atoms with Crippen LogP contribution >= 0.6 is 0 Å². The molecule has 5 nitrogen and oxygen atoms in total. The Labute approximate surface area is 283 Å². The number of benzene rings is 5. The number of allylic oxidation sites excluding steroid dienone is 1. The van der Waals surface area contributed by atoms with Gasteiger partial charge in [-0.2, -0.15) is 0 Å². The first-order chi connectivity index (χ1) is 23.3. The fourth-order valence-electron chi connectivity index (χ4n) is 5.90. The summed E-state index contributed by atoms with van der Waals surface area (Å²) in [7, 11) is 0. The summed E-state index contributed by atoms with van der Waals surface area (Å²) in [6.45, 7) is 9.42. The molecule has 0 bridgehead atoms. The van der Waals surface area contributed by atoms with Crippen molar-refractivity contribution < 1.29 is 23.7 Å². The number of ketones is 1. The molecule has 0 saturated carbocycles. The van der Waals surface area contributed by atoms with Crippen molar-refractivity contribution in [3.8, 4) is 23.0 Å². The van der Waals surface area contributed by atoms with E-state index in [1.807, 2.05) is 129 Å². The smallest absolute Gasteiger partial charge is 0.190 e. The van der Waals surface area contributed by atoms with Crippen LogP contribution in [0, 0.1) is 13.8 Å². The molecule has 0 saturated heterocycles. The monoisotopic (exact) mass is 638 g/mol. The molecule has 244 valence electrons. The lowest BCUT2D eigenvalue weighted by atomic mass is 9.86. The van der Waals surface area contributed by atoms with Gasteiger partial charge in [-0.05, 0) is 92.6 Å². The lowest BCUT2D eigenvalue weighted by molar-refractivity contribution is 0.0819. The SMILES string of the molecule is Cc1c(C)c(OCc2ccccc2)c(C(=O)/C=C/c2ccc(OCc3ccccc3)cc2OCc2ccccc2)c2c1OC(C)(C)CC2. The van der Waals surface area contributed by atoms with Gasteiger partial charge in [-0.1, -0.05) is 91.0 Å². The van der Waals surface area contributed by atoms with Gasteiger partial charge >= 0.3 is 0 Å². The van der Waals surface area contributed by atoms with E-state index in [9.17, 15) is 4.79 Å². The molecule has 0 aromatic heterocycles. The Morgan fingerprint density at radius 1 is 0.729 bits per heavy atom. The van der Waals surface area contributed by atoms with Crippen molar-refractivity contribution in [1.29, 1.82) is 0 Å². The summed E-state index contributed by atoms with van der Waals surface area (Å²) >= 11 is 0. The van der Waals surface area contributed by atoms with Gasteiger partial charge in [0.15, 0.2) is 5.78 Å². The first-order valence-corrected chi connectivity index (χ1v) is 16.5. The maximum Gasteiger partial charge on any atom is 0.190 e. The van der Waals surface area contributed by atoms with Gasteiger partial charge in [-0.15, -0.1) is 0 Å². The second kappa shape index (κ2) is 14.6. The van der Waals surface area contributed by atoms with Gasteiger partial charge in [0.05, 0.1) is 5.56 Å². The fourth-order valence-corrected chi connectivity index (χ4v) is 5.90.